The monoisotopic (exact) mass is 276 g/mol. The first-order valence-corrected chi connectivity index (χ1v) is 7.16. The van der Waals surface area contributed by atoms with Gasteiger partial charge in [-0.15, -0.1) is 0 Å². The van der Waals surface area contributed by atoms with E-state index in [0.717, 1.165) is 18.7 Å². The lowest BCUT2D eigenvalue weighted by atomic mass is 9.90. The molecule has 4 heteroatoms. The average molecular weight is 276 g/mol. The van der Waals surface area contributed by atoms with Crippen molar-refractivity contribution >= 4 is 5.69 Å². The molecule has 108 valence electrons. The Hall–Kier alpha value is -1.60. The summed E-state index contributed by atoms with van der Waals surface area (Å²) in [5, 5.41) is 19.5. The zero-order valence-corrected chi connectivity index (χ0v) is 12.3. The molecule has 1 fully saturated rings. The summed E-state index contributed by atoms with van der Waals surface area (Å²) in [5.74, 6) is -0.452. The maximum atomic E-state index is 14.1. The Morgan fingerprint density at radius 3 is 2.75 bits per heavy atom. The van der Waals surface area contributed by atoms with Crippen LogP contribution in [0.25, 0.3) is 0 Å². The Labute approximate surface area is 119 Å². The molecule has 1 saturated heterocycles. The zero-order chi connectivity index (χ0) is 14.9. The fourth-order valence-corrected chi connectivity index (χ4v) is 3.30. The quantitative estimate of drug-likeness (QED) is 0.922. The molecular formula is C16H21FN2O. The molecule has 0 aliphatic carbocycles. The lowest BCUT2D eigenvalue weighted by Gasteiger charge is -2.34. The first-order valence-electron chi connectivity index (χ1n) is 7.16. The van der Waals surface area contributed by atoms with Gasteiger partial charge in [0.2, 0.25) is 0 Å². The van der Waals surface area contributed by atoms with E-state index in [9.17, 15) is 9.50 Å². The van der Waals surface area contributed by atoms with Gasteiger partial charge < -0.3 is 10.0 Å². The number of hydrogen-bond acceptors (Lipinski definition) is 3. The molecule has 1 aliphatic heterocycles. The molecule has 0 bridgehead atoms. The molecule has 1 aromatic carbocycles. The predicted molar refractivity (Wildman–Crippen MR) is 77.1 cm³/mol. The third-order valence-corrected chi connectivity index (χ3v) is 4.57. The molecule has 0 radical (unpaired) electrons. The molecule has 3 nitrogen and oxygen atoms in total. The molecule has 1 heterocycles. The van der Waals surface area contributed by atoms with Crippen LogP contribution in [0.3, 0.4) is 0 Å². The van der Waals surface area contributed by atoms with Crippen LogP contribution >= 0.6 is 0 Å². The van der Waals surface area contributed by atoms with Crippen LogP contribution in [0.15, 0.2) is 12.1 Å². The summed E-state index contributed by atoms with van der Waals surface area (Å²) >= 11 is 0. The van der Waals surface area contributed by atoms with Crippen LogP contribution in [0.5, 0.6) is 0 Å². The van der Waals surface area contributed by atoms with E-state index in [1.165, 1.54) is 6.07 Å². The number of aliphatic hydroxyl groups is 1. The van der Waals surface area contributed by atoms with Crippen LogP contribution in [-0.4, -0.2) is 23.3 Å². The summed E-state index contributed by atoms with van der Waals surface area (Å²) < 4.78 is 14.1. The second-order valence-corrected chi connectivity index (χ2v) is 5.51. The lowest BCUT2D eigenvalue weighted by molar-refractivity contribution is 0.0268. The Bertz CT molecular complexity index is 552. The van der Waals surface area contributed by atoms with Crippen molar-refractivity contribution in [1.82, 2.24) is 0 Å². The largest absolute Gasteiger partial charge is 0.388 e. The Kier molecular flexibility index (Phi) is 4.01. The topological polar surface area (TPSA) is 47.3 Å². The minimum absolute atomic E-state index is 0.00136. The Balaban J connectivity index is 2.43. The number of anilines is 1. The van der Waals surface area contributed by atoms with E-state index in [1.807, 2.05) is 19.9 Å². The fraction of sp³-hybridized carbons (Fsp3) is 0.562. The molecule has 2 rings (SSSR count). The average Bonchev–Trinajstić information content (AvgIpc) is 2.79. The summed E-state index contributed by atoms with van der Waals surface area (Å²) in [5.41, 5.74) is 0.649. The van der Waals surface area contributed by atoms with E-state index in [-0.39, 0.29) is 11.6 Å². The third-order valence-electron chi connectivity index (χ3n) is 4.57. The van der Waals surface area contributed by atoms with Crippen molar-refractivity contribution in [3.05, 3.63) is 29.1 Å². The van der Waals surface area contributed by atoms with Crippen LogP contribution in [0.2, 0.25) is 0 Å². The van der Waals surface area contributed by atoms with Crippen molar-refractivity contribution in [2.24, 2.45) is 0 Å². The van der Waals surface area contributed by atoms with Crippen LogP contribution in [-0.2, 0) is 0 Å². The van der Waals surface area contributed by atoms with Crippen molar-refractivity contribution in [2.45, 2.75) is 51.7 Å². The highest BCUT2D eigenvalue weighted by atomic mass is 19.1. The van der Waals surface area contributed by atoms with Gasteiger partial charge in [0.1, 0.15) is 11.9 Å². The van der Waals surface area contributed by atoms with Crippen molar-refractivity contribution in [3.63, 3.8) is 0 Å². The minimum Gasteiger partial charge on any atom is -0.388 e. The molecular weight excluding hydrogens is 255 g/mol. The summed E-state index contributed by atoms with van der Waals surface area (Å²) in [6.45, 7) is 6.44. The molecule has 0 amide bonds. The molecule has 0 spiro atoms. The number of halogens is 1. The Morgan fingerprint density at radius 2 is 2.20 bits per heavy atom. The Morgan fingerprint density at radius 1 is 1.50 bits per heavy atom. The maximum Gasteiger partial charge on any atom is 0.145 e. The molecule has 2 unspecified atom stereocenters. The second kappa shape index (κ2) is 5.41. The fourth-order valence-electron chi connectivity index (χ4n) is 3.30. The molecule has 1 aliphatic rings. The smallest absolute Gasteiger partial charge is 0.145 e. The van der Waals surface area contributed by atoms with Gasteiger partial charge in [-0.05, 0) is 38.3 Å². The van der Waals surface area contributed by atoms with Gasteiger partial charge >= 0.3 is 0 Å². The van der Waals surface area contributed by atoms with Crippen molar-refractivity contribution in [1.29, 1.82) is 5.26 Å². The SMILES string of the molecule is CCC1N(c2ccc(C#N)c(F)c2C)CCC1(O)CC. The van der Waals surface area contributed by atoms with Gasteiger partial charge in [0.25, 0.3) is 0 Å². The summed E-state index contributed by atoms with van der Waals surface area (Å²) in [7, 11) is 0. The van der Waals surface area contributed by atoms with Crippen molar-refractivity contribution in [3.8, 4) is 6.07 Å². The zero-order valence-electron chi connectivity index (χ0n) is 12.3. The second-order valence-electron chi connectivity index (χ2n) is 5.51. The molecule has 0 saturated carbocycles. The van der Waals surface area contributed by atoms with Gasteiger partial charge in [0, 0.05) is 17.8 Å². The third kappa shape index (κ3) is 2.16. The first-order chi connectivity index (χ1) is 9.48. The van der Waals surface area contributed by atoms with Gasteiger partial charge in [-0.3, -0.25) is 0 Å². The van der Waals surface area contributed by atoms with Gasteiger partial charge in [0.15, 0.2) is 0 Å². The van der Waals surface area contributed by atoms with E-state index < -0.39 is 11.4 Å². The van der Waals surface area contributed by atoms with Crippen molar-refractivity contribution < 1.29 is 9.50 Å². The van der Waals surface area contributed by atoms with Crippen LogP contribution in [0, 0.1) is 24.1 Å². The van der Waals surface area contributed by atoms with Gasteiger partial charge in [-0.1, -0.05) is 13.8 Å². The highest BCUT2D eigenvalue weighted by Crippen LogP contribution is 2.38. The number of nitriles is 1. The van der Waals surface area contributed by atoms with Crippen LogP contribution in [0.4, 0.5) is 10.1 Å². The van der Waals surface area contributed by atoms with E-state index in [0.29, 0.717) is 18.4 Å². The number of rotatable bonds is 3. The van der Waals surface area contributed by atoms with Gasteiger partial charge in [-0.25, -0.2) is 4.39 Å². The number of hydrogen-bond donors (Lipinski definition) is 1. The summed E-state index contributed by atoms with van der Waals surface area (Å²) in [6, 6.07) is 5.18. The molecule has 2 atom stereocenters. The number of nitrogens with zero attached hydrogens (tertiary/aromatic N) is 2. The summed E-state index contributed by atoms with van der Waals surface area (Å²) in [6.07, 6.45) is 2.20. The molecule has 1 aromatic rings. The van der Waals surface area contributed by atoms with Gasteiger partial charge in [0.05, 0.1) is 17.2 Å². The van der Waals surface area contributed by atoms with Crippen LogP contribution < -0.4 is 4.90 Å². The highest BCUT2D eigenvalue weighted by molar-refractivity contribution is 5.59. The van der Waals surface area contributed by atoms with E-state index in [2.05, 4.69) is 4.90 Å². The molecule has 0 aromatic heterocycles. The van der Waals surface area contributed by atoms with E-state index in [4.69, 9.17) is 5.26 Å². The molecule has 1 N–H and O–H groups in total. The first kappa shape index (κ1) is 14.8. The predicted octanol–water partition coefficient (Wildman–Crippen LogP) is 3.14. The summed E-state index contributed by atoms with van der Waals surface area (Å²) in [4.78, 5) is 2.09. The lowest BCUT2D eigenvalue weighted by Crippen LogP contribution is -2.44. The normalized spacial score (nSPS) is 25.8. The van der Waals surface area contributed by atoms with Gasteiger partial charge in [-0.2, -0.15) is 5.26 Å². The van der Waals surface area contributed by atoms with E-state index >= 15 is 0 Å². The minimum atomic E-state index is -0.703. The standard InChI is InChI=1S/C16H21FN2O/c1-4-14-16(20,5-2)8-9-19(14)13-7-6-12(10-18)15(17)11(13)3/h6-7,14,20H,4-5,8-9H2,1-3H3. The van der Waals surface area contributed by atoms with E-state index in [1.54, 1.807) is 13.0 Å². The number of benzene rings is 1. The maximum absolute atomic E-state index is 14.1. The van der Waals surface area contributed by atoms with Crippen LogP contribution in [0.1, 0.15) is 44.2 Å². The highest BCUT2D eigenvalue weighted by Gasteiger charge is 2.44. The van der Waals surface area contributed by atoms with Crippen molar-refractivity contribution in [2.75, 3.05) is 11.4 Å². The molecule has 20 heavy (non-hydrogen) atoms.